The van der Waals surface area contributed by atoms with Gasteiger partial charge in [0.25, 0.3) is 0 Å². The van der Waals surface area contributed by atoms with Gasteiger partial charge in [-0.3, -0.25) is 0 Å². The zero-order valence-electron chi connectivity index (χ0n) is 11.3. The first-order valence-corrected chi connectivity index (χ1v) is 8.87. The minimum absolute atomic E-state index is 0.0764. The summed E-state index contributed by atoms with van der Waals surface area (Å²) in [5.41, 5.74) is 2.30. The van der Waals surface area contributed by atoms with E-state index in [0.29, 0.717) is 0 Å². The molecule has 0 aliphatic carbocycles. The van der Waals surface area contributed by atoms with Crippen molar-refractivity contribution in [3.05, 3.63) is 54.3 Å². The van der Waals surface area contributed by atoms with Gasteiger partial charge in [0.15, 0.2) is 0 Å². The van der Waals surface area contributed by atoms with Gasteiger partial charge in [0.05, 0.1) is 9.83 Å². The van der Waals surface area contributed by atoms with Gasteiger partial charge in [-0.25, -0.2) is 4.39 Å². The highest BCUT2D eigenvalue weighted by Crippen LogP contribution is 2.36. The Labute approximate surface area is 139 Å². The standard InChI is InChI=1S/C15H16Br2FNS/c1-3-6-19-15(12-8-14(17)20-9(12)2)11-5-4-10(18)7-13(11)16/h4-5,7-8,15,19H,3,6H2,1-2H3. The molecule has 108 valence electrons. The van der Waals surface area contributed by atoms with Crippen molar-refractivity contribution < 1.29 is 4.39 Å². The van der Waals surface area contributed by atoms with Gasteiger partial charge in [0.1, 0.15) is 5.82 Å². The zero-order valence-corrected chi connectivity index (χ0v) is 15.3. The number of halogens is 3. The molecule has 2 aromatic rings. The van der Waals surface area contributed by atoms with Crippen LogP contribution in [0.2, 0.25) is 0 Å². The van der Waals surface area contributed by atoms with Crippen molar-refractivity contribution in [1.82, 2.24) is 5.32 Å². The molecular formula is C15H16Br2FNS. The Morgan fingerprint density at radius 1 is 1.25 bits per heavy atom. The van der Waals surface area contributed by atoms with Crippen LogP contribution in [0.1, 0.15) is 35.4 Å². The molecule has 1 nitrogen and oxygen atoms in total. The number of hydrogen-bond donors (Lipinski definition) is 1. The van der Waals surface area contributed by atoms with E-state index in [1.165, 1.54) is 22.6 Å². The van der Waals surface area contributed by atoms with Gasteiger partial charge in [0.2, 0.25) is 0 Å². The molecule has 1 heterocycles. The van der Waals surface area contributed by atoms with Gasteiger partial charge < -0.3 is 5.32 Å². The molecule has 1 unspecified atom stereocenters. The summed E-state index contributed by atoms with van der Waals surface area (Å²) in [5, 5.41) is 3.55. The van der Waals surface area contributed by atoms with Crippen molar-refractivity contribution in [3.8, 4) is 0 Å². The average Bonchev–Trinajstić information content (AvgIpc) is 2.71. The lowest BCUT2D eigenvalue weighted by atomic mass is 9.99. The first-order valence-electron chi connectivity index (χ1n) is 6.47. The fourth-order valence-corrected chi connectivity index (χ4v) is 4.48. The summed E-state index contributed by atoms with van der Waals surface area (Å²) in [6.45, 7) is 5.17. The first kappa shape index (κ1) is 16.1. The highest BCUT2D eigenvalue weighted by atomic mass is 79.9. The maximum absolute atomic E-state index is 13.3. The monoisotopic (exact) mass is 419 g/mol. The van der Waals surface area contributed by atoms with E-state index in [0.717, 1.165) is 26.8 Å². The number of benzene rings is 1. The van der Waals surface area contributed by atoms with Crippen molar-refractivity contribution in [2.24, 2.45) is 0 Å². The maximum Gasteiger partial charge on any atom is 0.124 e. The van der Waals surface area contributed by atoms with E-state index >= 15 is 0 Å². The smallest absolute Gasteiger partial charge is 0.124 e. The van der Waals surface area contributed by atoms with Gasteiger partial charge in [-0.2, -0.15) is 0 Å². The lowest BCUT2D eigenvalue weighted by Crippen LogP contribution is -2.23. The highest BCUT2D eigenvalue weighted by molar-refractivity contribution is 9.11. The molecule has 0 saturated carbocycles. The molecule has 1 aromatic carbocycles. The van der Waals surface area contributed by atoms with E-state index in [9.17, 15) is 4.39 Å². The highest BCUT2D eigenvalue weighted by Gasteiger charge is 2.20. The zero-order chi connectivity index (χ0) is 14.7. The molecule has 0 radical (unpaired) electrons. The third-order valence-corrected chi connectivity index (χ3v) is 5.37. The second-order valence-electron chi connectivity index (χ2n) is 4.62. The van der Waals surface area contributed by atoms with E-state index in [1.807, 2.05) is 6.07 Å². The summed E-state index contributed by atoms with van der Waals surface area (Å²) in [7, 11) is 0. The van der Waals surface area contributed by atoms with Gasteiger partial charge in [0, 0.05) is 9.35 Å². The third kappa shape index (κ3) is 3.70. The fourth-order valence-electron chi connectivity index (χ4n) is 2.16. The van der Waals surface area contributed by atoms with Crippen molar-refractivity contribution >= 4 is 43.2 Å². The number of nitrogens with one attached hydrogen (secondary N) is 1. The molecule has 1 aromatic heterocycles. The number of thiophene rings is 1. The van der Waals surface area contributed by atoms with Crippen molar-refractivity contribution in [3.63, 3.8) is 0 Å². The minimum atomic E-state index is -0.224. The summed E-state index contributed by atoms with van der Waals surface area (Å²) in [6.07, 6.45) is 1.06. The van der Waals surface area contributed by atoms with E-state index < -0.39 is 0 Å². The number of hydrogen-bond acceptors (Lipinski definition) is 2. The normalized spacial score (nSPS) is 12.7. The lowest BCUT2D eigenvalue weighted by Gasteiger charge is -2.20. The topological polar surface area (TPSA) is 12.0 Å². The van der Waals surface area contributed by atoms with Crippen molar-refractivity contribution in [2.45, 2.75) is 26.3 Å². The summed E-state index contributed by atoms with van der Waals surface area (Å²) >= 11 is 8.74. The summed E-state index contributed by atoms with van der Waals surface area (Å²) in [4.78, 5) is 1.27. The molecule has 0 amide bonds. The van der Waals surface area contributed by atoms with E-state index in [1.54, 1.807) is 11.3 Å². The Kier molecular flexibility index (Phi) is 5.78. The van der Waals surface area contributed by atoms with Gasteiger partial charge >= 0.3 is 0 Å². The van der Waals surface area contributed by atoms with Crippen LogP contribution in [-0.4, -0.2) is 6.54 Å². The van der Waals surface area contributed by atoms with Crippen LogP contribution < -0.4 is 5.32 Å². The molecule has 0 spiro atoms. The second-order valence-corrected chi connectivity index (χ2v) is 8.10. The SMILES string of the molecule is CCCNC(c1ccc(F)cc1Br)c1cc(Br)sc1C. The van der Waals surface area contributed by atoms with Crippen molar-refractivity contribution in [2.75, 3.05) is 6.54 Å². The summed E-state index contributed by atoms with van der Waals surface area (Å²) in [5.74, 6) is -0.224. The third-order valence-electron chi connectivity index (χ3n) is 3.11. The molecule has 20 heavy (non-hydrogen) atoms. The van der Waals surface area contributed by atoms with Crippen LogP contribution in [0.15, 0.2) is 32.5 Å². The Hall–Kier alpha value is -0.230. The average molecular weight is 421 g/mol. The molecule has 5 heteroatoms. The van der Waals surface area contributed by atoms with Gasteiger partial charge in [-0.1, -0.05) is 28.9 Å². The maximum atomic E-state index is 13.3. The largest absolute Gasteiger partial charge is 0.306 e. The van der Waals surface area contributed by atoms with E-state index in [4.69, 9.17) is 0 Å². The summed E-state index contributed by atoms with van der Waals surface area (Å²) in [6, 6.07) is 7.10. The van der Waals surface area contributed by atoms with Crippen LogP contribution in [-0.2, 0) is 0 Å². The predicted octanol–water partition coefficient (Wildman–Crippen LogP) is 5.81. The predicted molar refractivity (Wildman–Crippen MR) is 91.0 cm³/mol. The van der Waals surface area contributed by atoms with Crippen molar-refractivity contribution in [1.29, 1.82) is 0 Å². The van der Waals surface area contributed by atoms with Crippen LogP contribution in [0.4, 0.5) is 4.39 Å². The Bertz CT molecular complexity index is 598. The quantitative estimate of drug-likeness (QED) is 0.643. The molecular weight excluding hydrogens is 405 g/mol. The lowest BCUT2D eigenvalue weighted by molar-refractivity contribution is 0.590. The fraction of sp³-hybridized carbons (Fsp3) is 0.333. The molecule has 0 bridgehead atoms. The Morgan fingerprint density at radius 3 is 2.55 bits per heavy atom. The van der Waals surface area contributed by atoms with Crippen LogP contribution in [0.25, 0.3) is 0 Å². The van der Waals surface area contributed by atoms with E-state index in [-0.39, 0.29) is 11.9 Å². The summed E-state index contributed by atoms with van der Waals surface area (Å²) < 4.78 is 15.2. The molecule has 0 saturated heterocycles. The molecule has 1 N–H and O–H groups in total. The van der Waals surface area contributed by atoms with Crippen LogP contribution in [0.5, 0.6) is 0 Å². The minimum Gasteiger partial charge on any atom is -0.306 e. The number of aryl methyl sites for hydroxylation is 1. The van der Waals surface area contributed by atoms with E-state index in [2.05, 4.69) is 57.1 Å². The van der Waals surface area contributed by atoms with Crippen LogP contribution in [0, 0.1) is 12.7 Å². The Morgan fingerprint density at radius 2 is 2.00 bits per heavy atom. The number of rotatable bonds is 5. The molecule has 0 aliphatic rings. The van der Waals surface area contributed by atoms with Crippen LogP contribution in [0.3, 0.4) is 0 Å². The molecule has 0 fully saturated rings. The van der Waals surface area contributed by atoms with Crippen LogP contribution >= 0.6 is 43.2 Å². The molecule has 1 atom stereocenters. The van der Waals surface area contributed by atoms with Gasteiger partial charge in [-0.15, -0.1) is 11.3 Å². The molecule has 2 rings (SSSR count). The first-order chi connectivity index (χ1) is 9.52. The Balaban J connectivity index is 2.44. The second kappa shape index (κ2) is 7.16. The molecule has 0 aliphatic heterocycles. The van der Waals surface area contributed by atoms with Gasteiger partial charge in [-0.05, 0) is 65.1 Å².